The summed E-state index contributed by atoms with van der Waals surface area (Å²) in [5.41, 5.74) is 1.08. The lowest BCUT2D eigenvalue weighted by Gasteiger charge is -2.40. The molecule has 2 fully saturated rings. The smallest absolute Gasteiger partial charge is 0.475 e. The van der Waals surface area contributed by atoms with Crippen molar-refractivity contribution in [3.05, 3.63) is 71.3 Å². The van der Waals surface area contributed by atoms with Crippen LogP contribution in [-0.4, -0.2) is 81.8 Å². The number of carboxylic acid groups (broad SMARTS) is 1. The molecule has 226 valence electrons. The average molecular weight is 617 g/mol. The number of carbonyl (C=O) groups is 4. The van der Waals surface area contributed by atoms with Gasteiger partial charge in [0.15, 0.2) is 10.7 Å². The Morgan fingerprint density at radius 2 is 1.74 bits per heavy atom. The maximum absolute atomic E-state index is 13.7. The molecule has 0 aromatic heterocycles. The second kappa shape index (κ2) is 12.5. The van der Waals surface area contributed by atoms with E-state index in [0.29, 0.717) is 23.0 Å². The summed E-state index contributed by atoms with van der Waals surface area (Å²) in [5, 5.41) is 16.8. The molecule has 0 radical (unpaired) electrons. The topological polar surface area (TPSA) is 140 Å². The number of amides is 2. The Bertz CT molecular complexity index is 1480. The minimum Gasteiger partial charge on any atom is -0.475 e. The van der Waals surface area contributed by atoms with E-state index >= 15 is 0 Å². The zero-order chi connectivity index (χ0) is 31.5. The molecule has 0 saturated carbocycles. The second-order valence-electron chi connectivity index (χ2n) is 9.96. The first-order chi connectivity index (χ1) is 20.4. The highest BCUT2D eigenvalue weighted by molar-refractivity contribution is 8.13. The number of fused-ring (bicyclic) bond motifs is 3. The molecule has 0 aliphatic carbocycles. The van der Waals surface area contributed by atoms with Crippen LogP contribution >= 0.6 is 11.8 Å². The van der Waals surface area contributed by atoms with Crippen LogP contribution in [0, 0.1) is 23.2 Å². The molecule has 3 aliphatic rings. The first kappa shape index (κ1) is 31.6. The van der Waals surface area contributed by atoms with Crippen LogP contribution < -0.4 is 0 Å². The van der Waals surface area contributed by atoms with Crippen molar-refractivity contribution in [3.63, 3.8) is 0 Å². The van der Waals surface area contributed by atoms with Crippen LogP contribution in [0.3, 0.4) is 0 Å². The average Bonchev–Trinajstić information content (AvgIpc) is 3.61. The Balaban J connectivity index is 0.000000541. The van der Waals surface area contributed by atoms with Crippen LogP contribution in [0.15, 0.2) is 59.6 Å². The number of esters is 1. The molecule has 10 nitrogen and oxygen atoms in total. The summed E-state index contributed by atoms with van der Waals surface area (Å²) in [5.74, 6) is -4.78. The van der Waals surface area contributed by atoms with Gasteiger partial charge < -0.3 is 14.7 Å². The molecule has 43 heavy (non-hydrogen) atoms. The number of alkyl halides is 3. The van der Waals surface area contributed by atoms with Crippen molar-refractivity contribution in [3.8, 4) is 6.07 Å². The number of hydrogen-bond acceptors (Lipinski definition) is 9. The number of methoxy groups -OCH3 is 1. The molecule has 4 atom stereocenters. The number of rotatable bonds is 6. The Kier molecular flexibility index (Phi) is 9.15. The van der Waals surface area contributed by atoms with Crippen molar-refractivity contribution >= 4 is 40.7 Å². The lowest BCUT2D eigenvalue weighted by Crippen LogP contribution is -2.61. The van der Waals surface area contributed by atoms with E-state index in [1.807, 2.05) is 47.4 Å². The third-order valence-electron chi connectivity index (χ3n) is 7.62. The predicted molar refractivity (Wildman–Crippen MR) is 148 cm³/mol. The van der Waals surface area contributed by atoms with E-state index in [1.54, 1.807) is 19.1 Å². The van der Waals surface area contributed by atoms with Gasteiger partial charge in [0, 0.05) is 18.7 Å². The zero-order valence-corrected chi connectivity index (χ0v) is 23.9. The van der Waals surface area contributed by atoms with Gasteiger partial charge in [-0.3, -0.25) is 19.5 Å². The number of imide groups is 1. The number of halogens is 3. The minimum atomic E-state index is -5.08. The van der Waals surface area contributed by atoms with Crippen LogP contribution in [-0.2, 0) is 36.1 Å². The van der Waals surface area contributed by atoms with Gasteiger partial charge in [0.05, 0.1) is 43.2 Å². The van der Waals surface area contributed by atoms with Gasteiger partial charge in [-0.1, -0.05) is 54.2 Å². The number of amidine groups is 1. The molecule has 2 aromatic carbocycles. The SMILES string of the molecule is CCN1C(=O)[C@H]2[C@H]3CN=C(SCc4ccc(C#N)cc4)N3[C@@](Cc3ccccc3)(C(=O)OC)[C@H]2C1=O.O=C(O)C(F)(F)F. The first-order valence-electron chi connectivity index (χ1n) is 13.1. The molecule has 3 heterocycles. The first-order valence-corrected chi connectivity index (χ1v) is 14.1. The highest BCUT2D eigenvalue weighted by Crippen LogP contribution is 2.53. The normalized spacial score (nSPS) is 24.0. The van der Waals surface area contributed by atoms with Gasteiger partial charge in [-0.15, -0.1) is 0 Å². The molecule has 3 aliphatic heterocycles. The van der Waals surface area contributed by atoms with Gasteiger partial charge in [0.25, 0.3) is 0 Å². The predicted octanol–water partition coefficient (Wildman–Crippen LogP) is 3.25. The van der Waals surface area contributed by atoms with Gasteiger partial charge in [-0.25, -0.2) is 9.59 Å². The highest BCUT2D eigenvalue weighted by atomic mass is 32.2. The van der Waals surface area contributed by atoms with Crippen molar-refractivity contribution in [2.75, 3.05) is 20.2 Å². The molecular weight excluding hydrogens is 589 g/mol. The standard InChI is InChI=1S/C27H26N4O4S.C2HF3O2/c1-3-30-23(32)21-20-15-29-26(36-16-19-11-9-18(14-28)10-12-19)31(20)27(25(34)35-2,22(21)24(30)33)13-17-7-5-4-6-8-17;3-2(4,5)1(6)7/h4-12,20-22H,3,13,15-16H2,1-2H3;(H,6,7)/t20-,21+,22-,27-;/m1./s1. The largest absolute Gasteiger partial charge is 0.490 e. The maximum Gasteiger partial charge on any atom is 0.490 e. The number of benzene rings is 2. The number of nitrogens with zero attached hydrogens (tertiary/aromatic N) is 4. The van der Waals surface area contributed by atoms with Gasteiger partial charge in [0.2, 0.25) is 11.8 Å². The highest BCUT2D eigenvalue weighted by Gasteiger charge is 2.73. The fraction of sp³-hybridized carbons (Fsp3) is 0.379. The Morgan fingerprint density at radius 1 is 1.12 bits per heavy atom. The number of nitriles is 1. The molecule has 2 aromatic rings. The number of thioether (sulfide) groups is 1. The summed E-state index contributed by atoms with van der Waals surface area (Å²) >= 11 is 1.46. The number of likely N-dealkylation sites (tertiary alicyclic amines) is 1. The van der Waals surface area contributed by atoms with E-state index in [4.69, 9.17) is 24.9 Å². The summed E-state index contributed by atoms with van der Waals surface area (Å²) in [4.78, 5) is 57.6. The number of aliphatic imine (C=N–C) groups is 1. The number of ether oxygens (including phenoxy) is 1. The lowest BCUT2D eigenvalue weighted by atomic mass is 9.76. The zero-order valence-electron chi connectivity index (χ0n) is 23.1. The molecular formula is C29H27F3N4O6S. The third-order valence-corrected chi connectivity index (χ3v) is 8.68. The van der Waals surface area contributed by atoms with Crippen molar-refractivity contribution in [2.24, 2.45) is 16.8 Å². The molecule has 5 rings (SSSR count). The molecule has 0 spiro atoms. The van der Waals surface area contributed by atoms with Crippen molar-refractivity contribution in [1.82, 2.24) is 9.80 Å². The maximum atomic E-state index is 13.7. The Morgan fingerprint density at radius 3 is 2.28 bits per heavy atom. The summed E-state index contributed by atoms with van der Waals surface area (Å²) in [6.07, 6.45) is -4.86. The fourth-order valence-corrected chi connectivity index (χ4v) is 6.92. The fourth-order valence-electron chi connectivity index (χ4n) is 5.83. The number of carboxylic acids is 1. The van der Waals surface area contributed by atoms with E-state index in [1.165, 1.54) is 23.8 Å². The van der Waals surface area contributed by atoms with Crippen LogP contribution in [0.25, 0.3) is 0 Å². The van der Waals surface area contributed by atoms with E-state index < -0.39 is 41.5 Å². The molecule has 0 bridgehead atoms. The minimum absolute atomic E-state index is 0.227. The van der Waals surface area contributed by atoms with Gasteiger partial charge >= 0.3 is 18.1 Å². The van der Waals surface area contributed by atoms with Crippen molar-refractivity contribution in [1.29, 1.82) is 5.26 Å². The van der Waals surface area contributed by atoms with E-state index in [0.717, 1.165) is 11.1 Å². The quantitative estimate of drug-likeness (QED) is 0.383. The van der Waals surface area contributed by atoms with Crippen LogP contribution in [0.4, 0.5) is 13.2 Å². The van der Waals surface area contributed by atoms with Gasteiger partial charge in [-0.05, 0) is 30.2 Å². The molecule has 1 N–H and O–H groups in total. The van der Waals surface area contributed by atoms with Crippen LogP contribution in [0.1, 0.15) is 23.6 Å². The van der Waals surface area contributed by atoms with E-state index in [-0.39, 0.29) is 24.8 Å². The summed E-state index contributed by atoms with van der Waals surface area (Å²) in [6, 6.07) is 18.5. The number of carbonyl (C=O) groups excluding carboxylic acids is 3. The van der Waals surface area contributed by atoms with E-state index in [2.05, 4.69) is 6.07 Å². The summed E-state index contributed by atoms with van der Waals surface area (Å²) in [6.45, 7) is 2.37. The molecule has 2 saturated heterocycles. The number of aliphatic carboxylic acids is 1. The van der Waals surface area contributed by atoms with Crippen LogP contribution in [0.5, 0.6) is 0 Å². The number of hydrogen-bond donors (Lipinski definition) is 1. The monoisotopic (exact) mass is 616 g/mol. The second-order valence-corrected chi connectivity index (χ2v) is 10.9. The van der Waals surface area contributed by atoms with Crippen molar-refractivity contribution < 1.29 is 42.2 Å². The van der Waals surface area contributed by atoms with Crippen LogP contribution in [0.2, 0.25) is 0 Å². The molecule has 0 unspecified atom stereocenters. The van der Waals surface area contributed by atoms with E-state index in [9.17, 15) is 27.6 Å². The summed E-state index contributed by atoms with van der Waals surface area (Å²) in [7, 11) is 1.33. The Hall–Kier alpha value is -4.38. The van der Waals surface area contributed by atoms with Gasteiger partial charge in [0.1, 0.15) is 0 Å². The Labute approximate surface area is 249 Å². The molecule has 14 heteroatoms. The van der Waals surface area contributed by atoms with Crippen molar-refractivity contribution in [2.45, 2.75) is 36.9 Å². The lowest BCUT2D eigenvalue weighted by molar-refractivity contribution is -0.192. The molecule has 2 amide bonds. The summed E-state index contributed by atoms with van der Waals surface area (Å²) < 4.78 is 37.1. The van der Waals surface area contributed by atoms with Gasteiger partial charge in [-0.2, -0.15) is 18.4 Å². The third kappa shape index (κ3) is 5.81.